The van der Waals surface area contributed by atoms with E-state index >= 15 is 0 Å². The van der Waals surface area contributed by atoms with E-state index in [1.165, 1.54) is 30.6 Å². The van der Waals surface area contributed by atoms with Gasteiger partial charge < -0.3 is 19.5 Å². The van der Waals surface area contributed by atoms with Crippen LogP contribution in [0.15, 0.2) is 48.6 Å². The summed E-state index contributed by atoms with van der Waals surface area (Å²) in [7, 11) is 0. The van der Waals surface area contributed by atoms with E-state index in [0.29, 0.717) is 42.9 Å². The van der Waals surface area contributed by atoms with Crippen molar-refractivity contribution in [3.63, 3.8) is 0 Å². The number of aromatic nitrogens is 2. The molecule has 2 aromatic carbocycles. The Morgan fingerprint density at radius 1 is 1.15 bits per heavy atom. The molecule has 0 bridgehead atoms. The predicted molar refractivity (Wildman–Crippen MR) is 139 cm³/mol. The van der Waals surface area contributed by atoms with Gasteiger partial charge in [-0.15, -0.1) is 0 Å². The molecule has 13 heteroatoms. The van der Waals surface area contributed by atoms with Gasteiger partial charge in [0.25, 0.3) is 0 Å². The second-order valence-corrected chi connectivity index (χ2v) is 9.88. The number of nitrogens with one attached hydrogen (secondary N) is 1. The van der Waals surface area contributed by atoms with Crippen LogP contribution in [0.1, 0.15) is 11.1 Å². The number of hydrogen-bond acceptors (Lipinski definition) is 8. The van der Waals surface area contributed by atoms with Gasteiger partial charge >= 0.3 is 6.18 Å². The molecule has 2 fully saturated rings. The van der Waals surface area contributed by atoms with Gasteiger partial charge in [-0.25, -0.2) is 18.7 Å². The summed E-state index contributed by atoms with van der Waals surface area (Å²) in [5, 5.41) is 3.38. The molecule has 0 saturated carbocycles. The van der Waals surface area contributed by atoms with Gasteiger partial charge in [0.05, 0.1) is 30.9 Å². The zero-order valence-corrected chi connectivity index (χ0v) is 22.0. The van der Waals surface area contributed by atoms with E-state index < -0.39 is 36.6 Å². The Balaban J connectivity index is 1.38. The number of benzene rings is 2. The quantitative estimate of drug-likeness (QED) is 0.286. The van der Waals surface area contributed by atoms with E-state index in [1.807, 2.05) is 4.90 Å². The predicted octanol–water partition coefficient (Wildman–Crippen LogP) is 4.83. The van der Waals surface area contributed by atoms with Crippen LogP contribution in [-0.2, 0) is 20.7 Å². The number of allylic oxidation sites excluding steroid dienone is 1. The third kappa shape index (κ3) is 7.16. The molecule has 5 rings (SSSR count). The Bertz CT molecular complexity index is 1450. The molecule has 0 radical (unpaired) electrons. The summed E-state index contributed by atoms with van der Waals surface area (Å²) in [4.78, 5) is 23.0. The molecule has 0 amide bonds. The van der Waals surface area contributed by atoms with Crippen molar-refractivity contribution >= 4 is 28.2 Å². The van der Waals surface area contributed by atoms with Gasteiger partial charge in [0.1, 0.15) is 23.7 Å². The molecule has 2 saturated heterocycles. The highest BCUT2D eigenvalue weighted by molar-refractivity contribution is 5.97. The molecule has 218 valence electrons. The number of likely N-dealkylation sites (tertiary alicyclic amines) is 1. The fourth-order valence-corrected chi connectivity index (χ4v) is 4.79. The number of Topliss-reactive ketones (excluding diaryl/α,β-unsaturated/α-hetero) is 1. The SMILES string of the molecule is Cc1cc(Nc2ncnc3cc(OCC(F)(F)F)c(CC(=O)/C(F)=C/CN4C[C@@H]5OCCO[C@@H]5C4)cc23)ccc1F. The molecule has 0 spiro atoms. The number of carbonyl (C=O) groups excluding carboxylic acids is 1. The van der Waals surface area contributed by atoms with Gasteiger partial charge in [-0.2, -0.15) is 13.2 Å². The first-order chi connectivity index (χ1) is 19.6. The summed E-state index contributed by atoms with van der Waals surface area (Å²) in [5.41, 5.74) is 1.14. The Morgan fingerprint density at radius 3 is 2.56 bits per heavy atom. The van der Waals surface area contributed by atoms with E-state index in [1.54, 1.807) is 13.0 Å². The Hall–Kier alpha value is -3.68. The normalized spacial score (nSPS) is 19.8. The highest BCUT2D eigenvalue weighted by Crippen LogP contribution is 2.32. The third-order valence-electron chi connectivity index (χ3n) is 6.81. The maximum Gasteiger partial charge on any atom is 0.422 e. The smallest absolute Gasteiger partial charge is 0.422 e. The highest BCUT2D eigenvalue weighted by atomic mass is 19.4. The number of anilines is 2. The molecule has 2 atom stereocenters. The molecule has 2 aliphatic rings. The lowest BCUT2D eigenvalue weighted by Crippen LogP contribution is -2.36. The van der Waals surface area contributed by atoms with Crippen LogP contribution < -0.4 is 10.1 Å². The molecule has 2 aliphatic heterocycles. The van der Waals surface area contributed by atoms with E-state index in [2.05, 4.69) is 15.3 Å². The molecule has 0 unspecified atom stereocenters. The monoisotopic (exact) mass is 578 g/mol. The number of hydrogen-bond donors (Lipinski definition) is 1. The topological polar surface area (TPSA) is 85.8 Å². The number of fused-ring (bicyclic) bond motifs is 2. The zero-order valence-electron chi connectivity index (χ0n) is 22.0. The minimum absolute atomic E-state index is 0.0254. The average molecular weight is 579 g/mol. The zero-order chi connectivity index (χ0) is 29.1. The van der Waals surface area contributed by atoms with Gasteiger partial charge in [0.2, 0.25) is 0 Å². The highest BCUT2D eigenvalue weighted by Gasteiger charge is 2.36. The molecule has 3 aromatic rings. The van der Waals surface area contributed by atoms with E-state index in [0.717, 1.165) is 6.08 Å². The van der Waals surface area contributed by atoms with E-state index in [4.69, 9.17) is 14.2 Å². The van der Waals surface area contributed by atoms with Gasteiger partial charge in [0.15, 0.2) is 18.2 Å². The molecule has 0 aliphatic carbocycles. The Morgan fingerprint density at radius 2 is 1.88 bits per heavy atom. The molecular formula is C28H27F5N4O4. The number of rotatable bonds is 9. The molecule has 1 N–H and O–H groups in total. The van der Waals surface area contributed by atoms with Gasteiger partial charge in [0, 0.05) is 48.8 Å². The van der Waals surface area contributed by atoms with Crippen molar-refractivity contribution in [2.45, 2.75) is 31.7 Å². The summed E-state index contributed by atoms with van der Waals surface area (Å²) >= 11 is 0. The first-order valence-electron chi connectivity index (χ1n) is 12.9. The number of ketones is 1. The molecular weight excluding hydrogens is 551 g/mol. The van der Waals surface area contributed by atoms with E-state index in [-0.39, 0.29) is 41.4 Å². The van der Waals surface area contributed by atoms with Crippen LogP contribution in [0.2, 0.25) is 0 Å². The maximum absolute atomic E-state index is 14.9. The Labute approximate surface area is 232 Å². The maximum atomic E-state index is 14.9. The van der Waals surface area contributed by atoms with Crippen molar-refractivity contribution in [1.82, 2.24) is 14.9 Å². The van der Waals surface area contributed by atoms with Crippen molar-refractivity contribution < 1.29 is 41.0 Å². The number of ether oxygens (including phenoxy) is 3. The lowest BCUT2D eigenvalue weighted by atomic mass is 10.0. The van der Waals surface area contributed by atoms with Gasteiger partial charge in [-0.3, -0.25) is 9.69 Å². The van der Waals surface area contributed by atoms with Gasteiger partial charge in [-0.1, -0.05) is 0 Å². The van der Waals surface area contributed by atoms with Crippen LogP contribution >= 0.6 is 0 Å². The number of nitrogens with zero attached hydrogens (tertiary/aromatic N) is 3. The fraction of sp³-hybridized carbons (Fsp3) is 0.393. The number of halogens is 5. The minimum Gasteiger partial charge on any atom is -0.484 e. The summed E-state index contributed by atoms with van der Waals surface area (Å²) < 4.78 is 83.8. The lowest BCUT2D eigenvalue weighted by Gasteiger charge is -2.24. The fourth-order valence-electron chi connectivity index (χ4n) is 4.79. The standard InChI is InChI=1S/C28H27F5N4O4/c1-16-8-18(2-3-20(16)29)36-27-19-9-17(24(41-14-28(31,32)33)11-22(19)34-15-35-27)10-23(38)21(30)4-5-37-12-25-26(13-37)40-7-6-39-25/h2-4,8-9,11,15,25-26H,5-7,10,12-14H2,1H3,(H,34,35,36)/b21-4-/t25-,26+. The third-order valence-corrected chi connectivity index (χ3v) is 6.81. The Kier molecular flexibility index (Phi) is 8.47. The van der Waals surface area contributed by atoms with Crippen molar-refractivity contribution in [3.8, 4) is 5.75 Å². The second-order valence-electron chi connectivity index (χ2n) is 9.88. The molecule has 8 nitrogen and oxygen atoms in total. The van der Waals surface area contributed by atoms with Gasteiger partial charge in [-0.05, 0) is 42.8 Å². The largest absolute Gasteiger partial charge is 0.484 e. The van der Waals surface area contributed by atoms with E-state index in [9.17, 15) is 26.7 Å². The summed E-state index contributed by atoms with van der Waals surface area (Å²) in [6.45, 7) is 2.18. The van der Waals surface area contributed by atoms with Crippen molar-refractivity contribution in [1.29, 1.82) is 0 Å². The number of carbonyl (C=O) groups is 1. The first-order valence-corrected chi connectivity index (χ1v) is 12.9. The van der Waals surface area contributed by atoms with Crippen LogP contribution in [-0.4, -0.2) is 78.5 Å². The van der Waals surface area contributed by atoms with Crippen molar-refractivity contribution in [3.05, 3.63) is 65.5 Å². The number of aryl methyl sites for hydroxylation is 1. The first kappa shape index (κ1) is 28.8. The van der Waals surface area contributed by atoms with Crippen LogP contribution in [0.3, 0.4) is 0 Å². The summed E-state index contributed by atoms with van der Waals surface area (Å²) in [5.74, 6) is -2.33. The lowest BCUT2D eigenvalue weighted by molar-refractivity contribution is -0.153. The molecule has 41 heavy (non-hydrogen) atoms. The summed E-state index contributed by atoms with van der Waals surface area (Å²) in [6, 6.07) is 6.97. The molecule has 3 heterocycles. The van der Waals surface area contributed by atoms with Crippen LogP contribution in [0.5, 0.6) is 5.75 Å². The van der Waals surface area contributed by atoms with Crippen LogP contribution in [0.4, 0.5) is 33.5 Å². The van der Waals surface area contributed by atoms with Crippen LogP contribution in [0, 0.1) is 12.7 Å². The van der Waals surface area contributed by atoms with Crippen molar-refractivity contribution in [2.75, 3.05) is 44.8 Å². The average Bonchev–Trinajstić information content (AvgIpc) is 3.35. The summed E-state index contributed by atoms with van der Waals surface area (Å²) in [6.07, 6.45) is -3.07. The van der Waals surface area contributed by atoms with Crippen molar-refractivity contribution in [2.24, 2.45) is 0 Å². The number of alkyl halides is 3. The minimum atomic E-state index is -4.64. The molecule has 1 aromatic heterocycles. The van der Waals surface area contributed by atoms with Crippen LogP contribution in [0.25, 0.3) is 10.9 Å². The second kappa shape index (κ2) is 12.0.